The topological polar surface area (TPSA) is 88.8 Å². The van der Waals surface area contributed by atoms with Crippen molar-refractivity contribution >= 4 is 29.9 Å². The summed E-state index contributed by atoms with van der Waals surface area (Å²) >= 11 is 0. The van der Waals surface area contributed by atoms with Crippen molar-refractivity contribution in [3.63, 3.8) is 0 Å². The quantitative estimate of drug-likeness (QED) is 0.195. The first-order valence-corrected chi connectivity index (χ1v) is 11.4. The van der Waals surface area contributed by atoms with E-state index < -0.39 is 0 Å². The minimum atomic E-state index is 0. The molecule has 1 aromatic carbocycles. The number of methoxy groups -OCH3 is 1. The molecule has 2 heterocycles. The number of aromatic nitrogens is 3. The number of aliphatic imine (C=N–C) groups is 1. The summed E-state index contributed by atoms with van der Waals surface area (Å²) in [5.41, 5.74) is 2.42. The number of hydrogen-bond acceptors (Lipinski definition) is 6. The molecule has 0 spiro atoms. The van der Waals surface area contributed by atoms with Crippen LogP contribution in [0.3, 0.4) is 0 Å². The van der Waals surface area contributed by atoms with Crippen LogP contribution in [0.5, 0.6) is 5.75 Å². The monoisotopic (exact) mass is 571 g/mol. The van der Waals surface area contributed by atoms with Crippen molar-refractivity contribution in [1.29, 1.82) is 0 Å². The molecule has 1 saturated heterocycles. The second-order valence-electron chi connectivity index (χ2n) is 8.11. The first kappa shape index (κ1) is 27.3. The van der Waals surface area contributed by atoms with Gasteiger partial charge in [0.05, 0.1) is 20.3 Å². The predicted molar refractivity (Wildman–Crippen MR) is 142 cm³/mol. The Hall–Kier alpha value is -1.92. The van der Waals surface area contributed by atoms with Crippen molar-refractivity contribution in [1.82, 2.24) is 30.3 Å². The van der Waals surface area contributed by atoms with Crippen LogP contribution in [0.1, 0.15) is 29.2 Å². The molecule has 33 heavy (non-hydrogen) atoms. The SMILES string of the molecule is COc1ccc(C)cc1CCNC(=NCc1nnc(C)n1C)NCCCN1CCOCC1.I. The zero-order valence-electron chi connectivity index (χ0n) is 20.3. The number of nitrogens with zero attached hydrogens (tertiary/aromatic N) is 5. The molecule has 184 valence electrons. The maximum absolute atomic E-state index is 5.51. The lowest BCUT2D eigenvalue weighted by Gasteiger charge is -2.26. The smallest absolute Gasteiger partial charge is 0.191 e. The molecule has 0 bridgehead atoms. The van der Waals surface area contributed by atoms with E-state index in [0.717, 1.165) is 82.1 Å². The summed E-state index contributed by atoms with van der Waals surface area (Å²) in [6.45, 7) is 10.9. The third kappa shape index (κ3) is 8.74. The maximum atomic E-state index is 5.51. The van der Waals surface area contributed by atoms with Crippen molar-refractivity contribution < 1.29 is 9.47 Å². The Kier molecular flexibility index (Phi) is 11.9. The van der Waals surface area contributed by atoms with Gasteiger partial charge in [0.25, 0.3) is 0 Å². The van der Waals surface area contributed by atoms with Gasteiger partial charge in [-0.3, -0.25) is 4.90 Å². The van der Waals surface area contributed by atoms with Gasteiger partial charge >= 0.3 is 0 Å². The Morgan fingerprint density at radius 3 is 2.61 bits per heavy atom. The molecule has 0 saturated carbocycles. The summed E-state index contributed by atoms with van der Waals surface area (Å²) in [5, 5.41) is 15.3. The number of rotatable bonds is 10. The van der Waals surface area contributed by atoms with E-state index in [9.17, 15) is 0 Å². The van der Waals surface area contributed by atoms with Crippen molar-refractivity contribution in [2.24, 2.45) is 12.0 Å². The summed E-state index contributed by atoms with van der Waals surface area (Å²) < 4.78 is 12.9. The number of ether oxygens (including phenoxy) is 2. The third-order valence-electron chi connectivity index (χ3n) is 5.73. The van der Waals surface area contributed by atoms with E-state index in [1.54, 1.807) is 7.11 Å². The lowest BCUT2D eigenvalue weighted by molar-refractivity contribution is 0.0376. The van der Waals surface area contributed by atoms with Crippen molar-refractivity contribution in [2.75, 3.05) is 53.0 Å². The minimum Gasteiger partial charge on any atom is -0.496 e. The summed E-state index contributed by atoms with van der Waals surface area (Å²) in [6.07, 6.45) is 1.90. The Labute approximate surface area is 214 Å². The van der Waals surface area contributed by atoms with Crippen LogP contribution in [0.25, 0.3) is 0 Å². The number of halogens is 1. The molecule has 2 aromatic rings. The molecular formula is C23H38IN7O2. The zero-order chi connectivity index (χ0) is 22.8. The van der Waals surface area contributed by atoms with Crippen LogP contribution in [0, 0.1) is 13.8 Å². The molecule has 1 aliphatic heterocycles. The lowest BCUT2D eigenvalue weighted by Crippen LogP contribution is -2.41. The highest BCUT2D eigenvalue weighted by Crippen LogP contribution is 2.19. The summed E-state index contributed by atoms with van der Waals surface area (Å²) in [7, 11) is 3.68. The van der Waals surface area contributed by atoms with Gasteiger partial charge in [-0.2, -0.15) is 0 Å². The fourth-order valence-corrected chi connectivity index (χ4v) is 3.67. The van der Waals surface area contributed by atoms with Gasteiger partial charge in [0, 0.05) is 33.2 Å². The Bertz CT molecular complexity index is 882. The van der Waals surface area contributed by atoms with Crippen LogP contribution in [-0.4, -0.2) is 78.7 Å². The lowest BCUT2D eigenvalue weighted by atomic mass is 10.1. The maximum Gasteiger partial charge on any atom is 0.191 e. The van der Waals surface area contributed by atoms with E-state index in [1.807, 2.05) is 24.6 Å². The van der Waals surface area contributed by atoms with E-state index in [2.05, 4.69) is 44.8 Å². The number of benzene rings is 1. The molecule has 0 amide bonds. The molecule has 1 fully saturated rings. The average molecular weight is 572 g/mol. The van der Waals surface area contributed by atoms with Crippen LogP contribution < -0.4 is 15.4 Å². The molecule has 0 unspecified atom stereocenters. The molecule has 1 aliphatic rings. The van der Waals surface area contributed by atoms with E-state index in [0.29, 0.717) is 6.54 Å². The van der Waals surface area contributed by atoms with E-state index in [-0.39, 0.29) is 24.0 Å². The predicted octanol–water partition coefficient (Wildman–Crippen LogP) is 2.06. The van der Waals surface area contributed by atoms with Gasteiger partial charge in [0.15, 0.2) is 11.8 Å². The molecule has 3 rings (SSSR count). The van der Waals surface area contributed by atoms with Gasteiger partial charge < -0.3 is 24.7 Å². The number of aryl methyl sites for hydroxylation is 2. The highest BCUT2D eigenvalue weighted by atomic mass is 127. The van der Waals surface area contributed by atoms with Gasteiger partial charge in [0.1, 0.15) is 18.1 Å². The molecule has 0 atom stereocenters. The zero-order valence-corrected chi connectivity index (χ0v) is 22.6. The summed E-state index contributed by atoms with van der Waals surface area (Å²) in [4.78, 5) is 7.20. The van der Waals surface area contributed by atoms with Crippen LogP contribution in [-0.2, 0) is 24.8 Å². The molecule has 0 radical (unpaired) electrons. The standard InChI is InChI=1S/C23H37N7O2.HI/c1-18-6-7-21(31-4)20(16-18)8-10-25-23(26-17-22-28-27-19(2)29(22)3)24-9-5-11-30-12-14-32-15-13-30;/h6-7,16H,5,8-15,17H2,1-4H3,(H2,24,25,26);1H. The van der Waals surface area contributed by atoms with E-state index in [4.69, 9.17) is 14.5 Å². The van der Waals surface area contributed by atoms with Gasteiger partial charge in [0.2, 0.25) is 0 Å². The van der Waals surface area contributed by atoms with Gasteiger partial charge in [-0.05, 0) is 44.9 Å². The molecular weight excluding hydrogens is 533 g/mol. The van der Waals surface area contributed by atoms with Gasteiger partial charge in [-0.15, -0.1) is 34.2 Å². The Morgan fingerprint density at radius 2 is 1.91 bits per heavy atom. The fourth-order valence-electron chi connectivity index (χ4n) is 3.67. The normalized spacial score (nSPS) is 14.6. The van der Waals surface area contributed by atoms with Crippen LogP contribution in [0.2, 0.25) is 0 Å². The number of nitrogens with one attached hydrogen (secondary N) is 2. The highest BCUT2D eigenvalue weighted by Gasteiger charge is 2.10. The van der Waals surface area contributed by atoms with E-state index >= 15 is 0 Å². The highest BCUT2D eigenvalue weighted by molar-refractivity contribution is 14.0. The molecule has 9 nitrogen and oxygen atoms in total. The minimum absolute atomic E-state index is 0. The number of hydrogen-bond donors (Lipinski definition) is 2. The van der Waals surface area contributed by atoms with Gasteiger partial charge in [-0.1, -0.05) is 17.7 Å². The van der Waals surface area contributed by atoms with Gasteiger partial charge in [-0.25, -0.2) is 4.99 Å². The molecule has 2 N–H and O–H groups in total. The summed E-state index contributed by atoms with van der Waals surface area (Å²) in [5.74, 6) is 3.44. The first-order valence-electron chi connectivity index (χ1n) is 11.4. The molecule has 10 heteroatoms. The Balaban J connectivity index is 0.00000385. The third-order valence-corrected chi connectivity index (χ3v) is 5.73. The second-order valence-corrected chi connectivity index (χ2v) is 8.11. The summed E-state index contributed by atoms with van der Waals surface area (Å²) in [6, 6.07) is 6.27. The second kappa shape index (κ2) is 14.4. The van der Waals surface area contributed by atoms with Crippen LogP contribution in [0.15, 0.2) is 23.2 Å². The Morgan fingerprint density at radius 1 is 1.15 bits per heavy atom. The van der Waals surface area contributed by atoms with E-state index in [1.165, 1.54) is 11.1 Å². The largest absolute Gasteiger partial charge is 0.496 e. The first-order chi connectivity index (χ1) is 15.6. The average Bonchev–Trinajstić information content (AvgIpc) is 3.13. The van der Waals surface area contributed by atoms with Crippen LogP contribution in [0.4, 0.5) is 0 Å². The van der Waals surface area contributed by atoms with Crippen LogP contribution >= 0.6 is 24.0 Å². The number of guanidine groups is 1. The number of morpholine rings is 1. The van der Waals surface area contributed by atoms with Crippen molar-refractivity contribution in [3.8, 4) is 5.75 Å². The van der Waals surface area contributed by atoms with Crippen molar-refractivity contribution in [2.45, 2.75) is 33.2 Å². The fraction of sp³-hybridized carbons (Fsp3) is 0.609. The molecule has 0 aliphatic carbocycles. The van der Waals surface area contributed by atoms with Crippen molar-refractivity contribution in [3.05, 3.63) is 41.0 Å². The molecule has 1 aromatic heterocycles.